The monoisotopic (exact) mass is 360 g/mol. The molecular weight excluding hydrogens is 340 g/mol. The average Bonchev–Trinajstić information content (AvgIpc) is 2.66. The third-order valence-corrected chi connectivity index (χ3v) is 5.11. The first-order valence-electron chi connectivity index (χ1n) is 6.73. The summed E-state index contributed by atoms with van der Waals surface area (Å²) in [5.74, 6) is 0. The molecule has 1 aromatic rings. The minimum Gasteiger partial charge on any atom is -0.444 e. The molecule has 0 saturated carbocycles. The molecule has 1 N–H and O–H groups in total. The number of hydrogen-bond acceptors (Lipinski definition) is 4. The number of amides is 1. The van der Waals surface area contributed by atoms with Crippen molar-refractivity contribution >= 4 is 33.4 Å². The van der Waals surface area contributed by atoms with Gasteiger partial charge in [-0.1, -0.05) is 0 Å². The first-order chi connectivity index (χ1) is 9.26. The van der Waals surface area contributed by atoms with Crippen LogP contribution in [0.25, 0.3) is 0 Å². The van der Waals surface area contributed by atoms with Crippen LogP contribution in [0.4, 0.5) is 4.79 Å². The average molecular weight is 361 g/mol. The van der Waals surface area contributed by atoms with Gasteiger partial charge in [-0.25, -0.2) is 4.79 Å². The molecule has 2 rings (SSSR count). The number of thiophene rings is 1. The van der Waals surface area contributed by atoms with Crippen molar-refractivity contribution in [3.63, 3.8) is 0 Å². The molecular formula is C14H21BrN2O2S. The third-order valence-electron chi connectivity index (χ3n) is 3.06. The standard InChI is InChI=1S/C14H21BrN2O2S/c1-9(12-11(15)5-6-20-12)16-10-7-17(8-10)13(18)19-14(2,3)4/h5-6,9-10,16H,7-8H2,1-4H3. The number of nitrogens with zero attached hydrogens (tertiary/aromatic N) is 1. The molecule has 0 spiro atoms. The van der Waals surface area contributed by atoms with Crippen molar-refractivity contribution in [3.05, 3.63) is 20.8 Å². The van der Waals surface area contributed by atoms with Crippen LogP contribution in [0.15, 0.2) is 15.9 Å². The molecule has 1 aromatic heterocycles. The van der Waals surface area contributed by atoms with E-state index in [4.69, 9.17) is 4.74 Å². The van der Waals surface area contributed by atoms with Crippen molar-refractivity contribution in [3.8, 4) is 0 Å². The Morgan fingerprint density at radius 3 is 2.70 bits per heavy atom. The highest BCUT2D eigenvalue weighted by atomic mass is 79.9. The van der Waals surface area contributed by atoms with E-state index >= 15 is 0 Å². The van der Waals surface area contributed by atoms with E-state index in [2.05, 4.69) is 39.6 Å². The molecule has 0 radical (unpaired) electrons. The number of nitrogens with one attached hydrogen (secondary N) is 1. The number of hydrogen-bond donors (Lipinski definition) is 1. The minimum absolute atomic E-state index is 0.222. The van der Waals surface area contributed by atoms with Crippen LogP contribution < -0.4 is 5.32 Å². The molecule has 1 amide bonds. The predicted molar refractivity (Wildman–Crippen MR) is 85.2 cm³/mol. The van der Waals surface area contributed by atoms with Crippen molar-refractivity contribution < 1.29 is 9.53 Å². The summed E-state index contributed by atoms with van der Waals surface area (Å²) in [6.07, 6.45) is -0.222. The van der Waals surface area contributed by atoms with Gasteiger partial charge in [0, 0.05) is 34.5 Å². The Morgan fingerprint density at radius 2 is 2.20 bits per heavy atom. The first-order valence-corrected chi connectivity index (χ1v) is 8.40. The summed E-state index contributed by atoms with van der Waals surface area (Å²) >= 11 is 5.29. The lowest BCUT2D eigenvalue weighted by molar-refractivity contribution is 0.00437. The largest absolute Gasteiger partial charge is 0.444 e. The fourth-order valence-electron chi connectivity index (χ4n) is 2.10. The zero-order valence-electron chi connectivity index (χ0n) is 12.3. The van der Waals surface area contributed by atoms with E-state index in [1.54, 1.807) is 16.2 Å². The SMILES string of the molecule is CC(NC1CN(C(=O)OC(C)(C)C)C1)c1sccc1Br. The van der Waals surface area contributed by atoms with Gasteiger partial charge in [-0.3, -0.25) is 0 Å². The Balaban J connectivity index is 1.77. The van der Waals surface area contributed by atoms with Gasteiger partial charge in [0.05, 0.1) is 0 Å². The van der Waals surface area contributed by atoms with Gasteiger partial charge in [0.2, 0.25) is 0 Å². The van der Waals surface area contributed by atoms with Gasteiger partial charge in [0.15, 0.2) is 0 Å². The Labute approximate surface area is 132 Å². The fraction of sp³-hybridized carbons (Fsp3) is 0.643. The lowest BCUT2D eigenvalue weighted by Crippen LogP contribution is -2.60. The van der Waals surface area contributed by atoms with Gasteiger partial charge < -0.3 is 15.0 Å². The molecule has 0 bridgehead atoms. The van der Waals surface area contributed by atoms with Gasteiger partial charge in [-0.2, -0.15) is 0 Å². The molecule has 1 atom stereocenters. The van der Waals surface area contributed by atoms with Crippen LogP contribution in [0.2, 0.25) is 0 Å². The summed E-state index contributed by atoms with van der Waals surface area (Å²) in [5, 5.41) is 5.61. The topological polar surface area (TPSA) is 41.6 Å². The molecule has 1 unspecified atom stereocenters. The van der Waals surface area contributed by atoms with E-state index in [1.165, 1.54) is 4.88 Å². The Morgan fingerprint density at radius 1 is 1.55 bits per heavy atom. The summed E-state index contributed by atoms with van der Waals surface area (Å²) in [5.41, 5.74) is -0.426. The van der Waals surface area contributed by atoms with Crippen LogP contribution in [0.5, 0.6) is 0 Å². The second kappa shape index (κ2) is 6.03. The number of carbonyl (C=O) groups excluding carboxylic acids is 1. The molecule has 2 heterocycles. The van der Waals surface area contributed by atoms with Crippen molar-refractivity contribution in [1.82, 2.24) is 10.2 Å². The summed E-state index contributed by atoms with van der Waals surface area (Å²) < 4.78 is 6.48. The van der Waals surface area contributed by atoms with E-state index in [-0.39, 0.29) is 12.1 Å². The van der Waals surface area contributed by atoms with Gasteiger partial charge >= 0.3 is 6.09 Å². The number of halogens is 1. The highest BCUT2D eigenvalue weighted by molar-refractivity contribution is 9.10. The maximum Gasteiger partial charge on any atom is 0.410 e. The van der Waals surface area contributed by atoms with E-state index < -0.39 is 5.60 Å². The van der Waals surface area contributed by atoms with Crippen LogP contribution in [-0.4, -0.2) is 35.7 Å². The molecule has 1 aliphatic heterocycles. The number of carbonyl (C=O) groups is 1. The van der Waals surface area contributed by atoms with Gasteiger partial charge in [0.1, 0.15) is 5.60 Å². The summed E-state index contributed by atoms with van der Waals surface area (Å²) in [7, 11) is 0. The third kappa shape index (κ3) is 3.96. The predicted octanol–water partition coefficient (Wildman–Crippen LogP) is 3.78. The molecule has 112 valence electrons. The van der Waals surface area contributed by atoms with Crippen molar-refractivity contribution in [2.75, 3.05) is 13.1 Å². The molecule has 1 fully saturated rings. The first kappa shape index (κ1) is 15.8. The molecule has 0 aromatic carbocycles. The summed E-state index contributed by atoms with van der Waals surface area (Å²) in [6.45, 7) is 9.22. The van der Waals surface area contributed by atoms with E-state index in [1.807, 2.05) is 20.8 Å². The zero-order valence-corrected chi connectivity index (χ0v) is 14.7. The minimum atomic E-state index is -0.426. The summed E-state index contributed by atoms with van der Waals surface area (Å²) in [4.78, 5) is 14.9. The highest BCUT2D eigenvalue weighted by Gasteiger charge is 2.34. The molecule has 1 saturated heterocycles. The number of ether oxygens (including phenoxy) is 1. The Kier molecular flexibility index (Phi) is 4.76. The number of likely N-dealkylation sites (tertiary alicyclic amines) is 1. The van der Waals surface area contributed by atoms with E-state index in [0.29, 0.717) is 19.1 Å². The smallest absolute Gasteiger partial charge is 0.410 e. The van der Waals surface area contributed by atoms with Crippen LogP contribution in [0, 0.1) is 0 Å². The van der Waals surface area contributed by atoms with Gasteiger partial charge in [-0.05, 0) is 55.1 Å². The molecule has 20 heavy (non-hydrogen) atoms. The Bertz CT molecular complexity index is 478. The fourth-order valence-corrected chi connectivity index (χ4v) is 3.84. The van der Waals surface area contributed by atoms with E-state index in [9.17, 15) is 4.79 Å². The second-order valence-corrected chi connectivity index (χ2v) is 7.91. The zero-order chi connectivity index (χ0) is 14.9. The van der Waals surface area contributed by atoms with Crippen LogP contribution >= 0.6 is 27.3 Å². The Hall–Kier alpha value is -0.590. The quantitative estimate of drug-likeness (QED) is 0.891. The maximum atomic E-state index is 11.8. The van der Waals surface area contributed by atoms with Gasteiger partial charge in [-0.15, -0.1) is 11.3 Å². The lowest BCUT2D eigenvalue weighted by atomic mass is 10.1. The molecule has 4 nitrogen and oxygen atoms in total. The second-order valence-electron chi connectivity index (χ2n) is 6.10. The van der Waals surface area contributed by atoms with Crippen LogP contribution in [0.3, 0.4) is 0 Å². The van der Waals surface area contributed by atoms with E-state index in [0.717, 1.165) is 4.47 Å². The highest BCUT2D eigenvalue weighted by Crippen LogP contribution is 2.29. The molecule has 0 aliphatic carbocycles. The van der Waals surface area contributed by atoms with Crippen molar-refractivity contribution in [1.29, 1.82) is 0 Å². The van der Waals surface area contributed by atoms with Crippen LogP contribution in [-0.2, 0) is 4.74 Å². The molecule has 1 aliphatic rings. The van der Waals surface area contributed by atoms with Gasteiger partial charge in [0.25, 0.3) is 0 Å². The van der Waals surface area contributed by atoms with Crippen molar-refractivity contribution in [2.45, 2.75) is 45.4 Å². The maximum absolute atomic E-state index is 11.8. The van der Waals surface area contributed by atoms with Crippen LogP contribution in [0.1, 0.15) is 38.6 Å². The number of rotatable bonds is 3. The lowest BCUT2D eigenvalue weighted by Gasteiger charge is -2.41. The van der Waals surface area contributed by atoms with Crippen molar-refractivity contribution in [2.24, 2.45) is 0 Å². The molecule has 6 heteroatoms. The summed E-state index contributed by atoms with van der Waals surface area (Å²) in [6, 6.07) is 2.69. The normalized spacial score (nSPS) is 17.8.